The third-order valence-electron chi connectivity index (χ3n) is 3.47. The number of benzene rings is 2. The number of ether oxygens (including phenoxy) is 3. The van der Waals surface area contributed by atoms with E-state index in [-0.39, 0.29) is 23.1 Å². The van der Waals surface area contributed by atoms with Crippen molar-refractivity contribution in [1.29, 1.82) is 0 Å². The number of rotatable bonds is 8. The van der Waals surface area contributed by atoms with E-state index in [1.54, 1.807) is 36.4 Å². The maximum Gasteiger partial charge on any atom is 0.343 e. The van der Waals surface area contributed by atoms with Crippen LogP contribution in [0.1, 0.15) is 5.56 Å². The molecule has 1 N–H and O–H groups in total. The van der Waals surface area contributed by atoms with Gasteiger partial charge in [0.2, 0.25) is 12.7 Å². The highest BCUT2D eigenvalue weighted by atomic mass is 19.1. The topological polar surface area (TPSA) is 90.8 Å². The standard InChI is InChI=1S/C20H15FN2O5/c21-15-8-4-5-9-16(15)26-13-27-20(28-17-10-11-22-12-23-17)18(19(24)25)14-6-2-1-3-7-14/h1-12H,13H2,(H,24,25). The van der Waals surface area contributed by atoms with Crippen molar-refractivity contribution in [2.45, 2.75) is 0 Å². The van der Waals surface area contributed by atoms with Gasteiger partial charge in [0.25, 0.3) is 0 Å². The number of para-hydroxylation sites is 1. The number of nitrogens with zero attached hydrogens (tertiary/aromatic N) is 2. The van der Waals surface area contributed by atoms with Gasteiger partial charge in [0.05, 0.1) is 0 Å². The molecule has 8 heteroatoms. The van der Waals surface area contributed by atoms with Crippen molar-refractivity contribution in [3.05, 3.63) is 90.5 Å². The van der Waals surface area contributed by atoms with Crippen molar-refractivity contribution < 1.29 is 28.5 Å². The van der Waals surface area contributed by atoms with E-state index in [1.807, 2.05) is 0 Å². The molecule has 3 rings (SSSR count). The lowest BCUT2D eigenvalue weighted by Crippen LogP contribution is -2.14. The van der Waals surface area contributed by atoms with E-state index in [0.717, 1.165) is 0 Å². The van der Waals surface area contributed by atoms with Gasteiger partial charge >= 0.3 is 11.9 Å². The van der Waals surface area contributed by atoms with Crippen LogP contribution < -0.4 is 9.47 Å². The van der Waals surface area contributed by atoms with Crippen LogP contribution in [-0.4, -0.2) is 27.8 Å². The average Bonchev–Trinajstić information content (AvgIpc) is 2.71. The van der Waals surface area contributed by atoms with Crippen LogP contribution >= 0.6 is 0 Å². The molecule has 0 saturated carbocycles. The molecule has 2 aromatic carbocycles. The minimum atomic E-state index is -1.28. The molecule has 0 saturated heterocycles. The molecule has 0 aliphatic rings. The maximum absolute atomic E-state index is 13.7. The van der Waals surface area contributed by atoms with Crippen LogP contribution in [0.3, 0.4) is 0 Å². The largest absolute Gasteiger partial charge is 0.477 e. The van der Waals surface area contributed by atoms with Crippen LogP contribution in [0.4, 0.5) is 4.39 Å². The summed E-state index contributed by atoms with van der Waals surface area (Å²) in [6.45, 7) is -0.481. The third-order valence-corrected chi connectivity index (χ3v) is 3.47. The number of halogens is 1. The lowest BCUT2D eigenvalue weighted by atomic mass is 10.1. The zero-order valence-corrected chi connectivity index (χ0v) is 14.5. The SMILES string of the molecule is O=C(O)C(=C(OCOc1ccccc1F)Oc1ccncn1)c1ccccc1. The first kappa shape index (κ1) is 18.8. The maximum atomic E-state index is 13.7. The summed E-state index contributed by atoms with van der Waals surface area (Å²) in [4.78, 5) is 19.5. The lowest BCUT2D eigenvalue weighted by Gasteiger charge is -2.15. The van der Waals surface area contributed by atoms with Gasteiger partial charge in [-0.25, -0.2) is 19.2 Å². The minimum absolute atomic E-state index is 0.0412. The van der Waals surface area contributed by atoms with Gasteiger partial charge in [0.1, 0.15) is 11.9 Å². The van der Waals surface area contributed by atoms with E-state index >= 15 is 0 Å². The van der Waals surface area contributed by atoms with E-state index in [4.69, 9.17) is 14.2 Å². The molecule has 0 amide bonds. The molecule has 0 fully saturated rings. The predicted octanol–water partition coefficient (Wildman–Crippen LogP) is 3.50. The summed E-state index contributed by atoms with van der Waals surface area (Å²) in [6, 6.07) is 15.5. The highest BCUT2D eigenvalue weighted by molar-refractivity contribution is 6.15. The molecule has 0 radical (unpaired) electrons. The lowest BCUT2D eigenvalue weighted by molar-refractivity contribution is -0.130. The Hall–Kier alpha value is -3.94. The van der Waals surface area contributed by atoms with Gasteiger partial charge in [0, 0.05) is 12.3 Å². The predicted molar refractivity (Wildman–Crippen MR) is 96.6 cm³/mol. The molecular weight excluding hydrogens is 367 g/mol. The van der Waals surface area contributed by atoms with Gasteiger partial charge in [-0.15, -0.1) is 0 Å². The van der Waals surface area contributed by atoms with E-state index in [2.05, 4.69) is 9.97 Å². The van der Waals surface area contributed by atoms with Crippen LogP contribution in [0, 0.1) is 5.82 Å². The van der Waals surface area contributed by atoms with Crippen molar-refractivity contribution in [3.63, 3.8) is 0 Å². The molecule has 3 aromatic rings. The van der Waals surface area contributed by atoms with Crippen molar-refractivity contribution in [2.24, 2.45) is 0 Å². The zero-order chi connectivity index (χ0) is 19.8. The molecule has 0 spiro atoms. The van der Waals surface area contributed by atoms with E-state index in [9.17, 15) is 14.3 Å². The Balaban J connectivity index is 1.89. The van der Waals surface area contributed by atoms with Crippen molar-refractivity contribution in [2.75, 3.05) is 6.79 Å². The quantitative estimate of drug-likeness (QED) is 0.362. The molecule has 0 unspecified atom stereocenters. The Morgan fingerprint density at radius 2 is 1.79 bits per heavy atom. The van der Waals surface area contributed by atoms with Crippen LogP contribution in [0.15, 0.2) is 79.1 Å². The van der Waals surface area contributed by atoms with Crippen LogP contribution in [0.2, 0.25) is 0 Å². The van der Waals surface area contributed by atoms with E-state index in [1.165, 1.54) is 36.8 Å². The molecule has 0 bridgehead atoms. The summed E-state index contributed by atoms with van der Waals surface area (Å²) in [5, 5.41) is 9.68. The number of carboxylic acids is 1. The van der Waals surface area contributed by atoms with E-state index in [0.29, 0.717) is 5.56 Å². The molecule has 0 atom stereocenters. The summed E-state index contributed by atoms with van der Waals surface area (Å²) in [5.74, 6) is -2.17. The Morgan fingerprint density at radius 1 is 1.04 bits per heavy atom. The van der Waals surface area contributed by atoms with Crippen molar-refractivity contribution >= 4 is 11.5 Å². The monoisotopic (exact) mass is 382 g/mol. The van der Waals surface area contributed by atoms with Crippen LogP contribution in [0.25, 0.3) is 5.57 Å². The fraction of sp³-hybridized carbons (Fsp3) is 0.0500. The first-order chi connectivity index (χ1) is 13.6. The fourth-order valence-corrected chi connectivity index (χ4v) is 2.23. The number of hydrogen-bond donors (Lipinski definition) is 1. The first-order valence-electron chi connectivity index (χ1n) is 8.12. The number of carbonyl (C=O) groups is 1. The molecule has 1 aromatic heterocycles. The van der Waals surface area contributed by atoms with Crippen LogP contribution in [-0.2, 0) is 9.53 Å². The number of hydrogen-bond acceptors (Lipinski definition) is 6. The normalized spacial score (nSPS) is 11.3. The zero-order valence-electron chi connectivity index (χ0n) is 14.5. The fourth-order valence-electron chi connectivity index (χ4n) is 2.23. The molecule has 1 heterocycles. The Labute approximate surface area is 159 Å². The molecule has 28 heavy (non-hydrogen) atoms. The van der Waals surface area contributed by atoms with Gasteiger partial charge in [-0.3, -0.25) is 0 Å². The Bertz CT molecular complexity index is 965. The summed E-state index contributed by atoms with van der Waals surface area (Å²) in [6.07, 6.45) is 2.67. The van der Waals surface area contributed by atoms with E-state index < -0.39 is 18.6 Å². The number of carboxylic acid groups (broad SMARTS) is 1. The average molecular weight is 382 g/mol. The van der Waals surface area contributed by atoms with Gasteiger partial charge in [-0.1, -0.05) is 42.5 Å². The second-order valence-corrected chi connectivity index (χ2v) is 5.32. The van der Waals surface area contributed by atoms with Crippen molar-refractivity contribution in [1.82, 2.24) is 9.97 Å². The summed E-state index contributed by atoms with van der Waals surface area (Å²) < 4.78 is 29.8. The molecule has 7 nitrogen and oxygen atoms in total. The second-order valence-electron chi connectivity index (χ2n) is 5.32. The van der Waals surface area contributed by atoms with Crippen LogP contribution in [0.5, 0.6) is 11.6 Å². The number of aromatic nitrogens is 2. The van der Waals surface area contributed by atoms with Crippen molar-refractivity contribution in [3.8, 4) is 11.6 Å². The first-order valence-corrected chi connectivity index (χ1v) is 8.12. The second kappa shape index (κ2) is 9.13. The van der Waals surface area contributed by atoms with Gasteiger partial charge in [0.15, 0.2) is 11.6 Å². The molecular formula is C20H15FN2O5. The third kappa shape index (κ3) is 4.82. The molecule has 0 aliphatic carbocycles. The van der Waals surface area contributed by atoms with Gasteiger partial charge in [-0.05, 0) is 17.7 Å². The minimum Gasteiger partial charge on any atom is -0.477 e. The molecule has 0 aliphatic heterocycles. The Kier molecular flexibility index (Phi) is 6.14. The van der Waals surface area contributed by atoms with Gasteiger partial charge < -0.3 is 19.3 Å². The Morgan fingerprint density at radius 3 is 2.46 bits per heavy atom. The highest BCUT2D eigenvalue weighted by Crippen LogP contribution is 2.23. The molecule has 142 valence electrons. The summed E-state index contributed by atoms with van der Waals surface area (Å²) in [5.41, 5.74) is 0.112. The smallest absolute Gasteiger partial charge is 0.343 e. The van der Waals surface area contributed by atoms with Gasteiger partial charge in [-0.2, -0.15) is 0 Å². The summed E-state index contributed by atoms with van der Waals surface area (Å²) in [7, 11) is 0. The number of aliphatic carboxylic acids is 1. The summed E-state index contributed by atoms with van der Waals surface area (Å²) >= 11 is 0. The highest BCUT2D eigenvalue weighted by Gasteiger charge is 2.21.